The quantitative estimate of drug-likeness (QED) is 0.179. The first-order valence-corrected chi connectivity index (χ1v) is 20.2. The van der Waals surface area contributed by atoms with Gasteiger partial charge in [-0.2, -0.15) is 0 Å². The number of para-hydroxylation sites is 1. The average molecular weight is 734 g/mol. The van der Waals surface area contributed by atoms with Gasteiger partial charge in [-0.25, -0.2) is 0 Å². The lowest BCUT2D eigenvalue weighted by Crippen LogP contribution is -2.16. The van der Waals surface area contributed by atoms with Gasteiger partial charge in [-0.1, -0.05) is 147 Å². The normalized spacial score (nSPS) is 13.3. The van der Waals surface area contributed by atoms with Crippen LogP contribution in [0.25, 0.3) is 85.9 Å². The smallest absolute Gasteiger partial charge is 0.159 e. The molecular weight excluding hydrogens is 699 g/mol. The Balaban J connectivity index is 1.09. The summed E-state index contributed by atoms with van der Waals surface area (Å²) < 4.78 is 9.61. The molecule has 0 N–H and O–H groups in total. The van der Waals surface area contributed by atoms with Crippen LogP contribution in [0.2, 0.25) is 0 Å². The van der Waals surface area contributed by atoms with E-state index in [1.807, 2.05) is 11.3 Å². The molecule has 0 saturated carbocycles. The maximum absolute atomic E-state index is 7.01. The van der Waals surface area contributed by atoms with Gasteiger partial charge in [0.2, 0.25) is 0 Å². The highest BCUT2D eigenvalue weighted by Gasteiger charge is 2.36. The summed E-state index contributed by atoms with van der Waals surface area (Å²) in [6.45, 7) is 4.70. The first-order chi connectivity index (χ1) is 27.5. The van der Waals surface area contributed by atoms with E-state index in [9.17, 15) is 0 Å². The topological polar surface area (TPSA) is 16.4 Å². The molecule has 12 rings (SSSR count). The van der Waals surface area contributed by atoms with Crippen LogP contribution in [0.15, 0.2) is 180 Å². The number of anilines is 3. The molecule has 11 aromatic rings. The number of hydrogen-bond donors (Lipinski definition) is 0. The molecule has 1 aliphatic carbocycles. The maximum Gasteiger partial charge on any atom is 0.159 e. The van der Waals surface area contributed by atoms with Gasteiger partial charge >= 0.3 is 0 Å². The molecule has 1 aliphatic rings. The largest absolute Gasteiger partial charge is 0.454 e. The van der Waals surface area contributed by atoms with E-state index in [1.54, 1.807) is 0 Å². The molecule has 0 fully saturated rings. The molecule has 0 aliphatic heterocycles. The second-order valence-electron chi connectivity index (χ2n) is 15.6. The van der Waals surface area contributed by atoms with E-state index in [1.165, 1.54) is 80.5 Å². The first-order valence-electron chi connectivity index (χ1n) is 19.3. The Morgan fingerprint density at radius 2 is 1.16 bits per heavy atom. The molecule has 2 aromatic heterocycles. The predicted octanol–water partition coefficient (Wildman–Crippen LogP) is 15.7. The van der Waals surface area contributed by atoms with Crippen molar-refractivity contribution in [3.8, 4) is 22.3 Å². The number of benzene rings is 9. The Kier molecular flexibility index (Phi) is 6.59. The van der Waals surface area contributed by atoms with E-state index in [4.69, 9.17) is 4.42 Å². The van der Waals surface area contributed by atoms with Gasteiger partial charge in [-0.15, -0.1) is 11.3 Å². The molecular formula is C53H35NOS. The van der Waals surface area contributed by atoms with Crippen LogP contribution in [0.1, 0.15) is 25.0 Å². The van der Waals surface area contributed by atoms with Crippen LogP contribution in [0.4, 0.5) is 17.1 Å². The summed E-state index contributed by atoms with van der Waals surface area (Å²) >= 11 is 1.88. The number of furan rings is 1. The zero-order chi connectivity index (χ0) is 37.1. The third-order valence-corrected chi connectivity index (χ3v) is 13.5. The summed E-state index contributed by atoms with van der Waals surface area (Å²) in [7, 11) is 0. The Morgan fingerprint density at radius 1 is 0.482 bits per heavy atom. The van der Waals surface area contributed by atoms with Crippen LogP contribution in [-0.2, 0) is 5.41 Å². The van der Waals surface area contributed by atoms with Crippen molar-refractivity contribution in [1.82, 2.24) is 0 Å². The molecule has 2 nitrogen and oxygen atoms in total. The summed E-state index contributed by atoms with van der Waals surface area (Å²) in [5.74, 6) is 0. The third-order valence-electron chi connectivity index (χ3n) is 12.3. The number of rotatable bonds is 4. The molecule has 0 saturated heterocycles. The fraction of sp³-hybridized carbons (Fsp3) is 0.0566. The van der Waals surface area contributed by atoms with Crippen LogP contribution in [0, 0.1) is 0 Å². The molecule has 264 valence electrons. The molecule has 0 amide bonds. The van der Waals surface area contributed by atoms with Crippen molar-refractivity contribution >= 4 is 92.1 Å². The highest BCUT2D eigenvalue weighted by atomic mass is 32.1. The standard InChI is InChI=1S/C53H35NOS/c1-53(2)44-19-8-7-16-40(44)41-28-26-36(31-45(41)53)54(35-24-21-34(22-25-35)38-17-9-13-32-11-3-5-14-37(32)38)46-20-10-18-42-49-47(55-51(42)46)29-30-48-50(49)43-27-23-33-12-4-6-15-39(33)52(43)56-48/h3-31H,1-2H3. The highest BCUT2D eigenvalue weighted by Crippen LogP contribution is 2.52. The summed E-state index contributed by atoms with van der Waals surface area (Å²) in [5.41, 5.74) is 12.6. The maximum atomic E-state index is 7.01. The molecule has 56 heavy (non-hydrogen) atoms. The van der Waals surface area contributed by atoms with E-state index in [-0.39, 0.29) is 5.41 Å². The minimum Gasteiger partial charge on any atom is -0.454 e. The number of fused-ring (bicyclic) bond motifs is 13. The lowest BCUT2D eigenvalue weighted by atomic mass is 9.82. The minimum atomic E-state index is -0.132. The van der Waals surface area contributed by atoms with Gasteiger partial charge < -0.3 is 9.32 Å². The summed E-state index contributed by atoms with van der Waals surface area (Å²) in [6, 6.07) is 64.4. The van der Waals surface area contributed by atoms with Crippen LogP contribution in [0.3, 0.4) is 0 Å². The minimum absolute atomic E-state index is 0.132. The second-order valence-corrected chi connectivity index (χ2v) is 16.7. The molecule has 0 bridgehead atoms. The Hall–Kier alpha value is -6.68. The highest BCUT2D eigenvalue weighted by molar-refractivity contribution is 7.27. The van der Waals surface area contributed by atoms with Crippen molar-refractivity contribution in [2.45, 2.75) is 19.3 Å². The van der Waals surface area contributed by atoms with Gasteiger partial charge in [0.05, 0.1) is 5.69 Å². The van der Waals surface area contributed by atoms with Gasteiger partial charge in [-0.05, 0) is 97.4 Å². The van der Waals surface area contributed by atoms with Crippen LogP contribution < -0.4 is 4.90 Å². The summed E-state index contributed by atoms with van der Waals surface area (Å²) in [4.78, 5) is 2.40. The molecule has 0 spiro atoms. The van der Waals surface area contributed by atoms with Crippen molar-refractivity contribution in [2.24, 2.45) is 0 Å². The van der Waals surface area contributed by atoms with Gasteiger partial charge in [0.1, 0.15) is 5.58 Å². The second kappa shape index (κ2) is 11.7. The van der Waals surface area contributed by atoms with Crippen molar-refractivity contribution < 1.29 is 4.42 Å². The monoisotopic (exact) mass is 733 g/mol. The van der Waals surface area contributed by atoms with Crippen LogP contribution >= 0.6 is 11.3 Å². The number of thiophene rings is 1. The van der Waals surface area contributed by atoms with Crippen molar-refractivity contribution in [2.75, 3.05) is 4.90 Å². The first kappa shape index (κ1) is 31.6. The van der Waals surface area contributed by atoms with E-state index >= 15 is 0 Å². The Bertz CT molecular complexity index is 3400. The molecule has 0 unspecified atom stereocenters. The van der Waals surface area contributed by atoms with E-state index < -0.39 is 0 Å². The SMILES string of the molecule is CC1(C)c2ccccc2-c2ccc(N(c3ccc(-c4cccc5ccccc45)cc3)c3cccc4c3oc3ccc5sc6c7ccccc7ccc6c5c34)cc21. The summed E-state index contributed by atoms with van der Waals surface area (Å²) in [6.07, 6.45) is 0. The molecule has 2 heterocycles. The summed E-state index contributed by atoms with van der Waals surface area (Å²) in [5, 5.41) is 9.93. The van der Waals surface area contributed by atoms with Crippen molar-refractivity contribution in [3.63, 3.8) is 0 Å². The Labute approximate surface area is 328 Å². The fourth-order valence-corrected chi connectivity index (χ4v) is 10.8. The number of nitrogens with zero attached hydrogens (tertiary/aromatic N) is 1. The third kappa shape index (κ3) is 4.43. The lowest BCUT2D eigenvalue weighted by Gasteiger charge is -2.28. The van der Waals surface area contributed by atoms with E-state index in [2.05, 4.69) is 195 Å². The van der Waals surface area contributed by atoms with Crippen molar-refractivity contribution in [1.29, 1.82) is 0 Å². The van der Waals surface area contributed by atoms with Crippen molar-refractivity contribution in [3.05, 3.63) is 187 Å². The van der Waals surface area contributed by atoms with Crippen LogP contribution in [0.5, 0.6) is 0 Å². The average Bonchev–Trinajstić information content (AvgIpc) is 3.89. The number of hydrogen-bond acceptors (Lipinski definition) is 3. The molecule has 3 heteroatoms. The van der Waals surface area contributed by atoms with Gasteiger partial charge in [0.25, 0.3) is 0 Å². The molecule has 0 atom stereocenters. The van der Waals surface area contributed by atoms with Gasteiger partial charge in [0.15, 0.2) is 5.58 Å². The Morgan fingerprint density at radius 3 is 2.04 bits per heavy atom. The zero-order valence-electron chi connectivity index (χ0n) is 31.0. The van der Waals surface area contributed by atoms with Gasteiger partial charge in [-0.3, -0.25) is 0 Å². The fourth-order valence-electron chi connectivity index (χ4n) is 9.57. The van der Waals surface area contributed by atoms with Crippen LogP contribution in [-0.4, -0.2) is 0 Å². The lowest BCUT2D eigenvalue weighted by molar-refractivity contribution is 0.660. The van der Waals surface area contributed by atoms with E-state index in [0.29, 0.717) is 0 Å². The predicted molar refractivity (Wildman–Crippen MR) is 239 cm³/mol. The molecule has 0 radical (unpaired) electrons. The van der Waals surface area contributed by atoms with Gasteiger partial charge in [0, 0.05) is 47.7 Å². The molecule has 9 aromatic carbocycles. The zero-order valence-corrected chi connectivity index (χ0v) is 31.8. The van der Waals surface area contributed by atoms with E-state index in [0.717, 1.165) is 33.6 Å².